The molecule has 3 rings (SSSR count). The normalized spacial score (nSPS) is 13.5. The van der Waals surface area contributed by atoms with Gasteiger partial charge in [-0.3, -0.25) is 4.99 Å². The molecular weight excluding hydrogens is 455 g/mol. The van der Waals surface area contributed by atoms with E-state index in [-0.39, 0.29) is 24.0 Å². The number of rotatable bonds is 8. The number of aromatic nitrogens is 1. The van der Waals surface area contributed by atoms with Crippen LogP contribution in [-0.4, -0.2) is 31.7 Å². The molecule has 1 saturated carbocycles. The van der Waals surface area contributed by atoms with E-state index in [9.17, 15) is 0 Å². The SMILES string of the molecule is CN=C(NCc1ccc(OCC2CC2)nc1)NCc1cccc(OC)c1.I. The van der Waals surface area contributed by atoms with Crippen molar-refractivity contribution >= 4 is 29.9 Å². The minimum absolute atomic E-state index is 0. The van der Waals surface area contributed by atoms with Gasteiger partial charge in [0.1, 0.15) is 5.75 Å². The largest absolute Gasteiger partial charge is 0.497 e. The number of benzene rings is 1. The molecule has 0 radical (unpaired) electrons. The van der Waals surface area contributed by atoms with Crippen molar-refractivity contribution in [3.05, 3.63) is 53.7 Å². The van der Waals surface area contributed by atoms with Crippen LogP contribution in [0.5, 0.6) is 11.6 Å². The van der Waals surface area contributed by atoms with E-state index in [4.69, 9.17) is 9.47 Å². The quantitative estimate of drug-likeness (QED) is 0.343. The number of nitrogens with one attached hydrogen (secondary N) is 2. The van der Waals surface area contributed by atoms with E-state index < -0.39 is 0 Å². The third-order valence-corrected chi connectivity index (χ3v) is 4.24. The number of pyridine rings is 1. The van der Waals surface area contributed by atoms with Crippen molar-refractivity contribution in [3.63, 3.8) is 0 Å². The molecule has 1 aromatic heterocycles. The van der Waals surface area contributed by atoms with Gasteiger partial charge in [-0.25, -0.2) is 4.98 Å². The van der Waals surface area contributed by atoms with Gasteiger partial charge in [-0.2, -0.15) is 0 Å². The van der Waals surface area contributed by atoms with Crippen LogP contribution in [0.3, 0.4) is 0 Å². The molecule has 2 N–H and O–H groups in total. The average Bonchev–Trinajstić information content (AvgIpc) is 3.52. The molecule has 6 nitrogen and oxygen atoms in total. The fourth-order valence-corrected chi connectivity index (χ4v) is 2.46. The van der Waals surface area contributed by atoms with Crippen LogP contribution in [0.1, 0.15) is 24.0 Å². The van der Waals surface area contributed by atoms with E-state index in [0.29, 0.717) is 19.0 Å². The number of hydrogen-bond donors (Lipinski definition) is 2. The van der Waals surface area contributed by atoms with Crippen LogP contribution in [0.4, 0.5) is 0 Å². The molecule has 0 saturated heterocycles. The van der Waals surface area contributed by atoms with Crippen molar-refractivity contribution in [1.29, 1.82) is 0 Å². The number of methoxy groups -OCH3 is 1. The Bertz CT molecular complexity index is 733. The van der Waals surface area contributed by atoms with Gasteiger partial charge in [0.15, 0.2) is 5.96 Å². The second-order valence-electron chi connectivity index (χ2n) is 6.39. The van der Waals surface area contributed by atoms with Crippen LogP contribution in [-0.2, 0) is 13.1 Å². The van der Waals surface area contributed by atoms with Gasteiger partial charge in [-0.15, -0.1) is 24.0 Å². The highest BCUT2D eigenvalue weighted by molar-refractivity contribution is 14.0. The van der Waals surface area contributed by atoms with Crippen molar-refractivity contribution in [2.75, 3.05) is 20.8 Å². The van der Waals surface area contributed by atoms with Crippen molar-refractivity contribution in [1.82, 2.24) is 15.6 Å². The van der Waals surface area contributed by atoms with Gasteiger partial charge in [0.05, 0.1) is 13.7 Å². The Balaban J connectivity index is 0.00000261. The molecule has 1 fully saturated rings. The van der Waals surface area contributed by atoms with Crippen LogP contribution in [0.15, 0.2) is 47.6 Å². The topological polar surface area (TPSA) is 67.8 Å². The summed E-state index contributed by atoms with van der Waals surface area (Å²) in [6.45, 7) is 2.10. The third-order valence-electron chi connectivity index (χ3n) is 4.24. The van der Waals surface area contributed by atoms with Crippen LogP contribution < -0.4 is 20.1 Å². The Morgan fingerprint density at radius 1 is 1.15 bits per heavy atom. The Morgan fingerprint density at radius 2 is 1.93 bits per heavy atom. The summed E-state index contributed by atoms with van der Waals surface area (Å²) in [4.78, 5) is 8.61. The first-order valence-corrected chi connectivity index (χ1v) is 8.92. The Morgan fingerprint density at radius 3 is 2.56 bits per heavy atom. The van der Waals surface area contributed by atoms with Gasteiger partial charge in [-0.05, 0) is 42.0 Å². The molecule has 0 unspecified atom stereocenters. The standard InChI is InChI=1S/C20H26N4O2.HI/c1-21-20(23-11-16-4-3-5-18(10-16)25-2)24-13-17-8-9-19(22-12-17)26-14-15-6-7-15;/h3-5,8-10,12,15H,6-7,11,13-14H2,1-2H3,(H2,21,23,24);1H. The zero-order valence-corrected chi connectivity index (χ0v) is 18.1. The molecule has 27 heavy (non-hydrogen) atoms. The predicted molar refractivity (Wildman–Crippen MR) is 118 cm³/mol. The molecule has 1 aliphatic rings. The van der Waals surface area contributed by atoms with Crippen LogP contribution >= 0.6 is 24.0 Å². The summed E-state index contributed by atoms with van der Waals surface area (Å²) in [5.74, 6) is 3.02. The monoisotopic (exact) mass is 482 g/mol. The molecule has 7 heteroatoms. The highest BCUT2D eigenvalue weighted by atomic mass is 127. The van der Waals surface area contributed by atoms with Gasteiger partial charge < -0.3 is 20.1 Å². The van der Waals surface area contributed by atoms with E-state index in [1.807, 2.05) is 42.6 Å². The summed E-state index contributed by atoms with van der Waals surface area (Å²) in [5, 5.41) is 6.59. The molecule has 1 aliphatic carbocycles. The molecule has 1 aromatic carbocycles. The lowest BCUT2D eigenvalue weighted by Crippen LogP contribution is -2.36. The lowest BCUT2D eigenvalue weighted by Gasteiger charge is -2.12. The summed E-state index contributed by atoms with van der Waals surface area (Å²) in [6, 6.07) is 11.9. The van der Waals surface area contributed by atoms with Crippen molar-refractivity contribution in [3.8, 4) is 11.6 Å². The van der Waals surface area contributed by atoms with Gasteiger partial charge in [0.2, 0.25) is 5.88 Å². The van der Waals surface area contributed by atoms with Crippen LogP contribution in [0.2, 0.25) is 0 Å². The first-order chi connectivity index (χ1) is 12.8. The second kappa shape index (κ2) is 11.0. The molecule has 0 bridgehead atoms. The van der Waals surface area contributed by atoms with E-state index in [0.717, 1.165) is 35.4 Å². The number of hydrogen-bond acceptors (Lipinski definition) is 4. The summed E-state index contributed by atoms with van der Waals surface area (Å²) >= 11 is 0. The van der Waals surface area contributed by atoms with E-state index in [1.54, 1.807) is 14.2 Å². The van der Waals surface area contributed by atoms with Gasteiger partial charge in [-0.1, -0.05) is 18.2 Å². The fraction of sp³-hybridized carbons (Fsp3) is 0.400. The first-order valence-electron chi connectivity index (χ1n) is 8.92. The van der Waals surface area contributed by atoms with E-state index in [1.165, 1.54) is 12.8 Å². The number of nitrogens with zero attached hydrogens (tertiary/aromatic N) is 2. The van der Waals surface area contributed by atoms with Gasteiger partial charge >= 0.3 is 0 Å². The molecule has 2 aromatic rings. The fourth-order valence-electron chi connectivity index (χ4n) is 2.46. The molecular formula is C20H27IN4O2. The number of aliphatic imine (C=N–C) groups is 1. The average molecular weight is 482 g/mol. The summed E-state index contributed by atoms with van der Waals surface area (Å²) in [7, 11) is 3.43. The molecule has 0 amide bonds. The molecule has 0 atom stereocenters. The second-order valence-corrected chi connectivity index (χ2v) is 6.39. The van der Waals surface area contributed by atoms with Crippen molar-refractivity contribution in [2.24, 2.45) is 10.9 Å². The maximum atomic E-state index is 5.66. The first kappa shape index (κ1) is 21.3. The van der Waals surface area contributed by atoms with Crippen LogP contribution in [0.25, 0.3) is 0 Å². The maximum absolute atomic E-state index is 5.66. The zero-order chi connectivity index (χ0) is 18.2. The zero-order valence-electron chi connectivity index (χ0n) is 15.8. The molecule has 0 aliphatic heterocycles. The van der Waals surface area contributed by atoms with E-state index >= 15 is 0 Å². The lowest BCUT2D eigenvalue weighted by molar-refractivity contribution is 0.288. The Hall–Kier alpha value is -2.03. The van der Waals surface area contributed by atoms with Gasteiger partial charge in [0, 0.05) is 32.4 Å². The van der Waals surface area contributed by atoms with Crippen molar-refractivity contribution < 1.29 is 9.47 Å². The van der Waals surface area contributed by atoms with E-state index in [2.05, 4.69) is 20.6 Å². The third kappa shape index (κ3) is 7.24. The molecule has 146 valence electrons. The molecule has 0 spiro atoms. The van der Waals surface area contributed by atoms with Gasteiger partial charge in [0.25, 0.3) is 0 Å². The summed E-state index contributed by atoms with van der Waals surface area (Å²) in [6.07, 6.45) is 4.40. The minimum atomic E-state index is 0. The maximum Gasteiger partial charge on any atom is 0.213 e. The van der Waals surface area contributed by atoms with Crippen molar-refractivity contribution in [2.45, 2.75) is 25.9 Å². The Labute approximate surface area is 177 Å². The summed E-state index contributed by atoms with van der Waals surface area (Å²) < 4.78 is 10.9. The summed E-state index contributed by atoms with van der Waals surface area (Å²) in [5.41, 5.74) is 2.21. The molecule has 1 heterocycles. The highest BCUT2D eigenvalue weighted by Crippen LogP contribution is 2.29. The predicted octanol–water partition coefficient (Wildman–Crippen LogP) is 3.36. The number of guanidine groups is 1. The lowest BCUT2D eigenvalue weighted by atomic mass is 10.2. The minimum Gasteiger partial charge on any atom is -0.497 e. The Kier molecular flexibility index (Phi) is 8.63. The number of ether oxygens (including phenoxy) is 2. The highest BCUT2D eigenvalue weighted by Gasteiger charge is 2.21. The van der Waals surface area contributed by atoms with Crippen LogP contribution in [0, 0.1) is 5.92 Å². The smallest absolute Gasteiger partial charge is 0.213 e. The number of halogens is 1.